The molecule has 0 saturated carbocycles. The first-order chi connectivity index (χ1) is 12.7. The summed E-state index contributed by atoms with van der Waals surface area (Å²) < 4.78 is 2.13. The first-order valence-electron chi connectivity index (χ1n) is 8.55. The predicted octanol–water partition coefficient (Wildman–Crippen LogP) is 4.65. The molecule has 0 unspecified atom stereocenters. The van der Waals surface area contributed by atoms with E-state index < -0.39 is 0 Å². The maximum absolute atomic E-state index is 12.8. The van der Waals surface area contributed by atoms with E-state index in [-0.39, 0.29) is 5.91 Å². The van der Waals surface area contributed by atoms with Crippen LogP contribution >= 0.6 is 0 Å². The van der Waals surface area contributed by atoms with E-state index in [1.54, 1.807) is 6.20 Å². The van der Waals surface area contributed by atoms with Gasteiger partial charge in [-0.25, -0.2) is 0 Å². The summed E-state index contributed by atoms with van der Waals surface area (Å²) in [7, 11) is 0. The fraction of sp³-hybridized carbons (Fsp3) is 0.0909. The minimum Gasteiger partial charge on any atom is -0.343 e. The van der Waals surface area contributed by atoms with Gasteiger partial charge >= 0.3 is 0 Å². The number of nitrogens with zero attached hydrogens (tertiary/aromatic N) is 2. The predicted molar refractivity (Wildman–Crippen MR) is 104 cm³/mol. The van der Waals surface area contributed by atoms with Crippen LogP contribution in [-0.2, 0) is 6.54 Å². The summed E-state index contributed by atoms with van der Waals surface area (Å²) in [5, 5.41) is 4.09. The number of amides is 1. The molecule has 4 nitrogen and oxygen atoms in total. The van der Waals surface area contributed by atoms with Crippen LogP contribution in [0.15, 0.2) is 79.3 Å². The number of hydrogen-bond acceptors (Lipinski definition) is 2. The topological polar surface area (TPSA) is 46.9 Å². The zero-order chi connectivity index (χ0) is 17.9. The monoisotopic (exact) mass is 341 g/mol. The first-order valence-corrected chi connectivity index (χ1v) is 8.55. The normalized spacial score (nSPS) is 10.8. The van der Waals surface area contributed by atoms with Crippen LogP contribution in [0.3, 0.4) is 0 Å². The molecule has 0 saturated heterocycles. The van der Waals surface area contributed by atoms with Gasteiger partial charge in [-0.15, -0.1) is 0 Å². The van der Waals surface area contributed by atoms with E-state index in [0.29, 0.717) is 12.1 Å². The van der Waals surface area contributed by atoms with Gasteiger partial charge in [0.05, 0.1) is 5.52 Å². The second-order valence-corrected chi connectivity index (χ2v) is 6.36. The Labute approximate surface area is 152 Å². The van der Waals surface area contributed by atoms with Gasteiger partial charge in [-0.05, 0) is 48.4 Å². The van der Waals surface area contributed by atoms with E-state index in [4.69, 9.17) is 0 Å². The van der Waals surface area contributed by atoms with Crippen molar-refractivity contribution in [3.8, 4) is 0 Å². The maximum Gasteiger partial charge on any atom is 0.256 e. The highest BCUT2D eigenvalue weighted by atomic mass is 16.1. The lowest BCUT2D eigenvalue weighted by molar-refractivity contribution is 0.102. The SMILES string of the molecule is Cc1cccc(NC(=O)c2ccccc2Cn2ccc3cnccc32)c1. The van der Waals surface area contributed by atoms with E-state index in [0.717, 1.165) is 27.7 Å². The van der Waals surface area contributed by atoms with Crippen molar-refractivity contribution in [2.45, 2.75) is 13.5 Å². The number of fused-ring (bicyclic) bond motifs is 1. The zero-order valence-corrected chi connectivity index (χ0v) is 14.5. The summed E-state index contributed by atoms with van der Waals surface area (Å²) in [4.78, 5) is 17.0. The minimum absolute atomic E-state index is 0.0932. The van der Waals surface area contributed by atoms with Crippen molar-refractivity contribution in [1.29, 1.82) is 0 Å². The lowest BCUT2D eigenvalue weighted by Crippen LogP contribution is -2.15. The summed E-state index contributed by atoms with van der Waals surface area (Å²) in [5.41, 5.74) is 4.69. The number of benzene rings is 2. The fourth-order valence-corrected chi connectivity index (χ4v) is 3.16. The lowest BCUT2D eigenvalue weighted by atomic mass is 10.1. The molecule has 26 heavy (non-hydrogen) atoms. The average Bonchev–Trinajstić information content (AvgIpc) is 3.05. The van der Waals surface area contributed by atoms with Gasteiger partial charge in [-0.3, -0.25) is 9.78 Å². The summed E-state index contributed by atoms with van der Waals surface area (Å²) in [6.07, 6.45) is 5.67. The quantitative estimate of drug-likeness (QED) is 0.587. The third kappa shape index (κ3) is 3.22. The largest absolute Gasteiger partial charge is 0.343 e. The summed E-state index contributed by atoms with van der Waals surface area (Å²) >= 11 is 0. The van der Waals surface area contributed by atoms with Gasteiger partial charge in [0, 0.05) is 41.8 Å². The van der Waals surface area contributed by atoms with Crippen LogP contribution in [0.2, 0.25) is 0 Å². The molecule has 2 aromatic carbocycles. The maximum atomic E-state index is 12.8. The third-order valence-corrected chi connectivity index (χ3v) is 4.45. The Morgan fingerprint density at radius 2 is 1.96 bits per heavy atom. The van der Waals surface area contributed by atoms with Gasteiger partial charge in [0.15, 0.2) is 0 Å². The van der Waals surface area contributed by atoms with Gasteiger partial charge in [0.1, 0.15) is 0 Å². The van der Waals surface area contributed by atoms with Gasteiger partial charge in [-0.1, -0.05) is 30.3 Å². The molecule has 0 aliphatic heterocycles. The molecule has 4 rings (SSSR count). The molecule has 0 radical (unpaired) electrons. The number of carbonyl (C=O) groups excluding carboxylic acids is 1. The van der Waals surface area contributed by atoms with Gasteiger partial charge in [0.25, 0.3) is 5.91 Å². The number of anilines is 1. The molecular weight excluding hydrogens is 322 g/mol. The molecular formula is C22H19N3O. The van der Waals surface area contributed by atoms with Gasteiger partial charge < -0.3 is 9.88 Å². The summed E-state index contributed by atoms with van der Waals surface area (Å²) in [6, 6.07) is 19.6. The average molecular weight is 341 g/mol. The highest BCUT2D eigenvalue weighted by Crippen LogP contribution is 2.19. The van der Waals surface area contributed by atoms with Crippen molar-refractivity contribution in [2.24, 2.45) is 0 Å². The molecule has 0 fully saturated rings. The van der Waals surface area contributed by atoms with E-state index >= 15 is 0 Å². The number of rotatable bonds is 4. The molecule has 0 spiro atoms. The van der Waals surface area contributed by atoms with Crippen LogP contribution in [0.4, 0.5) is 5.69 Å². The van der Waals surface area contributed by atoms with Crippen molar-refractivity contribution >= 4 is 22.5 Å². The van der Waals surface area contributed by atoms with E-state index in [1.807, 2.05) is 80.0 Å². The molecule has 2 aromatic heterocycles. The van der Waals surface area contributed by atoms with Crippen molar-refractivity contribution in [2.75, 3.05) is 5.32 Å². The van der Waals surface area contributed by atoms with Crippen molar-refractivity contribution in [3.05, 3.63) is 95.9 Å². The Morgan fingerprint density at radius 3 is 2.85 bits per heavy atom. The number of hydrogen-bond donors (Lipinski definition) is 1. The van der Waals surface area contributed by atoms with Gasteiger partial charge in [0.2, 0.25) is 0 Å². The Balaban J connectivity index is 1.63. The molecule has 128 valence electrons. The second kappa shape index (κ2) is 6.84. The molecule has 4 aromatic rings. The molecule has 2 heterocycles. The number of aryl methyl sites for hydroxylation is 1. The Morgan fingerprint density at radius 1 is 1.08 bits per heavy atom. The molecule has 1 amide bonds. The van der Waals surface area contributed by atoms with E-state index in [9.17, 15) is 4.79 Å². The smallest absolute Gasteiger partial charge is 0.256 e. The van der Waals surface area contributed by atoms with Crippen LogP contribution in [0, 0.1) is 6.92 Å². The summed E-state index contributed by atoms with van der Waals surface area (Å²) in [5.74, 6) is -0.0932. The van der Waals surface area contributed by atoms with Crippen LogP contribution in [0.5, 0.6) is 0 Å². The van der Waals surface area contributed by atoms with Crippen molar-refractivity contribution < 1.29 is 4.79 Å². The zero-order valence-electron chi connectivity index (χ0n) is 14.5. The molecule has 0 atom stereocenters. The van der Waals surface area contributed by atoms with Crippen molar-refractivity contribution in [1.82, 2.24) is 9.55 Å². The van der Waals surface area contributed by atoms with Crippen LogP contribution in [0.1, 0.15) is 21.5 Å². The lowest BCUT2D eigenvalue weighted by Gasteiger charge is -2.12. The van der Waals surface area contributed by atoms with Crippen LogP contribution in [-0.4, -0.2) is 15.5 Å². The third-order valence-electron chi connectivity index (χ3n) is 4.45. The van der Waals surface area contributed by atoms with E-state index in [1.165, 1.54) is 0 Å². The number of pyridine rings is 1. The molecule has 0 aliphatic carbocycles. The summed E-state index contributed by atoms with van der Waals surface area (Å²) in [6.45, 7) is 2.64. The Kier molecular flexibility index (Phi) is 4.23. The number of carbonyl (C=O) groups is 1. The Hall–Kier alpha value is -3.40. The van der Waals surface area contributed by atoms with Crippen LogP contribution < -0.4 is 5.32 Å². The van der Waals surface area contributed by atoms with Crippen molar-refractivity contribution in [3.63, 3.8) is 0 Å². The molecule has 1 N–H and O–H groups in total. The molecule has 0 aliphatic rings. The van der Waals surface area contributed by atoms with Crippen LogP contribution in [0.25, 0.3) is 10.9 Å². The molecule has 4 heteroatoms. The number of nitrogens with one attached hydrogen (secondary N) is 1. The Bertz CT molecular complexity index is 1080. The minimum atomic E-state index is -0.0932. The van der Waals surface area contributed by atoms with Gasteiger partial charge in [-0.2, -0.15) is 0 Å². The number of aromatic nitrogens is 2. The second-order valence-electron chi connectivity index (χ2n) is 6.36. The standard InChI is InChI=1S/C22H19N3O/c1-16-5-4-7-19(13-16)24-22(26)20-8-3-2-6-18(20)15-25-12-10-17-14-23-11-9-21(17)25/h2-14H,15H2,1H3,(H,24,26). The highest BCUT2D eigenvalue weighted by molar-refractivity contribution is 6.05. The molecule has 0 bridgehead atoms. The first kappa shape index (κ1) is 16.1. The van der Waals surface area contributed by atoms with E-state index in [2.05, 4.69) is 14.9 Å². The fourth-order valence-electron chi connectivity index (χ4n) is 3.16. The highest BCUT2D eigenvalue weighted by Gasteiger charge is 2.12.